The van der Waals surface area contributed by atoms with Crippen LogP contribution in [0, 0.1) is 0 Å². The highest BCUT2D eigenvalue weighted by atomic mass is 16.7. The number of hydrogen-bond donors (Lipinski definition) is 7. The molecule has 16 nitrogen and oxygen atoms in total. The molecule has 0 aliphatic carbocycles. The lowest BCUT2D eigenvalue weighted by atomic mass is 9.98. The first-order chi connectivity index (χ1) is 21.6. The molecule has 3 aliphatic rings. The quantitative estimate of drug-likeness (QED) is 0.144. The molecule has 3 aliphatic heterocycles. The number of hydrogen-bond acceptors (Lipinski definition) is 16. The van der Waals surface area contributed by atoms with E-state index in [1.54, 1.807) is 18.2 Å². The van der Waals surface area contributed by atoms with Crippen molar-refractivity contribution in [1.82, 2.24) is 0 Å². The molecule has 45 heavy (non-hydrogen) atoms. The maximum Gasteiger partial charge on any atom is 0.231 e. The van der Waals surface area contributed by atoms with Crippen LogP contribution >= 0.6 is 0 Å². The van der Waals surface area contributed by atoms with Crippen molar-refractivity contribution < 1.29 is 73.3 Å². The van der Waals surface area contributed by atoms with Crippen LogP contribution in [0.3, 0.4) is 0 Å². The highest BCUT2D eigenvalue weighted by Gasteiger charge is 2.48. The fraction of sp³-hybridized carbons (Fsp3) is 0.483. The molecule has 16 heteroatoms. The fourth-order valence-electron chi connectivity index (χ4n) is 5.40. The summed E-state index contributed by atoms with van der Waals surface area (Å²) in [7, 11) is 1.40. The predicted molar refractivity (Wildman–Crippen MR) is 148 cm³/mol. The minimum absolute atomic E-state index is 0.0219. The first kappa shape index (κ1) is 31.4. The number of fused-ring (bicyclic) bond motifs is 2. The Balaban J connectivity index is 1.16. The van der Waals surface area contributed by atoms with Crippen molar-refractivity contribution in [3.05, 3.63) is 46.8 Å². The fourth-order valence-corrected chi connectivity index (χ4v) is 5.40. The van der Waals surface area contributed by atoms with E-state index < -0.39 is 74.6 Å². The number of ether oxygens (including phenoxy) is 7. The van der Waals surface area contributed by atoms with Crippen molar-refractivity contribution in [3.8, 4) is 34.1 Å². The van der Waals surface area contributed by atoms with Gasteiger partial charge >= 0.3 is 0 Å². The molecule has 0 saturated carbocycles. The zero-order valence-corrected chi connectivity index (χ0v) is 23.7. The third kappa shape index (κ3) is 5.70. The third-order valence-electron chi connectivity index (χ3n) is 7.92. The van der Waals surface area contributed by atoms with Gasteiger partial charge in [0.05, 0.1) is 25.9 Å². The van der Waals surface area contributed by atoms with Gasteiger partial charge in [-0.05, 0) is 17.7 Å². The summed E-state index contributed by atoms with van der Waals surface area (Å²) < 4.78 is 44.1. The topological polar surface area (TPSA) is 236 Å². The lowest BCUT2D eigenvalue weighted by Gasteiger charge is -2.42. The summed E-state index contributed by atoms with van der Waals surface area (Å²) in [6, 6.07) is 7.65. The van der Waals surface area contributed by atoms with Gasteiger partial charge < -0.3 is 73.3 Å². The molecular formula is C29H32O16. The van der Waals surface area contributed by atoms with Crippen LogP contribution in [-0.4, -0.2) is 124 Å². The zero-order chi connectivity index (χ0) is 32.0. The summed E-state index contributed by atoms with van der Waals surface area (Å²) in [5.74, 6) is 1.05. The number of benzene rings is 2. The van der Waals surface area contributed by atoms with Gasteiger partial charge in [-0.1, -0.05) is 12.1 Å². The monoisotopic (exact) mass is 636 g/mol. The molecule has 10 atom stereocenters. The van der Waals surface area contributed by atoms with Gasteiger partial charge in [0.2, 0.25) is 24.3 Å². The second kappa shape index (κ2) is 12.7. The SMILES string of the molecule is COc1c2c(cc3occ(-c4ccc(O[C@@H]5O[C@@H](CO[C@H]6O[C@@H](CO)[C@@H](O)[C@@H](O)[C@H]6O)[C@@H](O)[C@@H](O)[C@H]5O)cc4)c(=O)c13)OCO2. The highest BCUT2D eigenvalue weighted by Crippen LogP contribution is 2.45. The van der Waals surface area contributed by atoms with Crippen LogP contribution in [-0.2, 0) is 14.2 Å². The molecule has 244 valence electrons. The predicted octanol–water partition coefficient (Wildman–Crippen LogP) is -1.80. The lowest BCUT2D eigenvalue weighted by Crippen LogP contribution is -2.62. The van der Waals surface area contributed by atoms with Crippen molar-refractivity contribution in [3.63, 3.8) is 0 Å². The maximum absolute atomic E-state index is 13.5. The van der Waals surface area contributed by atoms with Gasteiger partial charge in [0.25, 0.3) is 0 Å². The van der Waals surface area contributed by atoms with E-state index in [0.29, 0.717) is 17.1 Å². The zero-order valence-electron chi connectivity index (χ0n) is 23.7. The van der Waals surface area contributed by atoms with Crippen molar-refractivity contribution in [2.45, 2.75) is 61.4 Å². The Kier molecular flexibility index (Phi) is 8.86. The average Bonchev–Trinajstić information content (AvgIpc) is 3.52. The molecule has 2 saturated heterocycles. The molecule has 1 aromatic heterocycles. The lowest BCUT2D eigenvalue weighted by molar-refractivity contribution is -0.323. The summed E-state index contributed by atoms with van der Waals surface area (Å²) >= 11 is 0. The average molecular weight is 637 g/mol. The van der Waals surface area contributed by atoms with Crippen LogP contribution in [0.1, 0.15) is 0 Å². The van der Waals surface area contributed by atoms with Gasteiger partial charge in [0.1, 0.15) is 71.8 Å². The largest absolute Gasteiger partial charge is 0.492 e. The first-order valence-electron chi connectivity index (χ1n) is 13.9. The minimum atomic E-state index is -1.72. The van der Waals surface area contributed by atoms with E-state index in [1.807, 2.05) is 0 Å². The Bertz CT molecular complexity index is 1560. The number of methoxy groups -OCH3 is 1. The van der Waals surface area contributed by atoms with E-state index >= 15 is 0 Å². The first-order valence-corrected chi connectivity index (χ1v) is 13.9. The molecule has 4 heterocycles. The molecule has 0 unspecified atom stereocenters. The molecule has 7 N–H and O–H groups in total. The van der Waals surface area contributed by atoms with E-state index in [2.05, 4.69) is 0 Å². The summed E-state index contributed by atoms with van der Waals surface area (Å²) in [6.45, 7) is -1.20. The maximum atomic E-state index is 13.5. The van der Waals surface area contributed by atoms with E-state index in [4.69, 9.17) is 37.6 Å². The number of aliphatic hydroxyl groups excluding tert-OH is 7. The summed E-state index contributed by atoms with van der Waals surface area (Å²) in [5.41, 5.74) is 0.540. The molecule has 3 aromatic rings. The minimum Gasteiger partial charge on any atom is -0.492 e. The van der Waals surface area contributed by atoms with E-state index in [9.17, 15) is 40.5 Å². The smallest absolute Gasteiger partial charge is 0.231 e. The number of rotatable bonds is 8. The van der Waals surface area contributed by atoms with Gasteiger partial charge in [0, 0.05) is 6.07 Å². The molecular weight excluding hydrogens is 604 g/mol. The Hall–Kier alpha value is -3.55. The van der Waals surface area contributed by atoms with Crippen LogP contribution in [0.4, 0.5) is 0 Å². The molecule has 0 amide bonds. The van der Waals surface area contributed by atoms with Crippen LogP contribution in [0.5, 0.6) is 23.0 Å². The summed E-state index contributed by atoms with van der Waals surface area (Å²) in [6.07, 6.45) is -14.2. The van der Waals surface area contributed by atoms with E-state index in [1.165, 1.54) is 25.5 Å². The van der Waals surface area contributed by atoms with Gasteiger partial charge in [-0.2, -0.15) is 0 Å². The van der Waals surface area contributed by atoms with Crippen molar-refractivity contribution in [2.24, 2.45) is 0 Å². The van der Waals surface area contributed by atoms with Crippen LogP contribution in [0.2, 0.25) is 0 Å². The van der Waals surface area contributed by atoms with Gasteiger partial charge in [-0.25, -0.2) is 0 Å². The Morgan fingerprint density at radius 2 is 1.51 bits per heavy atom. The van der Waals surface area contributed by atoms with E-state index in [-0.39, 0.29) is 40.3 Å². The highest BCUT2D eigenvalue weighted by molar-refractivity contribution is 5.91. The van der Waals surface area contributed by atoms with Crippen LogP contribution < -0.4 is 24.4 Å². The van der Waals surface area contributed by atoms with Crippen molar-refractivity contribution >= 4 is 11.0 Å². The molecule has 0 bridgehead atoms. The van der Waals surface area contributed by atoms with Gasteiger partial charge in [-0.15, -0.1) is 0 Å². The molecule has 6 rings (SSSR count). The Labute approximate surface area is 254 Å². The normalized spacial score (nSPS) is 32.9. The Morgan fingerprint density at radius 1 is 0.844 bits per heavy atom. The van der Waals surface area contributed by atoms with Gasteiger partial charge in [-0.3, -0.25) is 4.79 Å². The molecule has 0 radical (unpaired) electrons. The van der Waals surface area contributed by atoms with Gasteiger partial charge in [0.15, 0.2) is 17.8 Å². The molecule has 0 spiro atoms. The molecule has 2 aromatic carbocycles. The van der Waals surface area contributed by atoms with Crippen molar-refractivity contribution in [2.75, 3.05) is 27.1 Å². The Morgan fingerprint density at radius 3 is 2.20 bits per heavy atom. The summed E-state index contributed by atoms with van der Waals surface area (Å²) in [5, 5.41) is 71.1. The van der Waals surface area contributed by atoms with Crippen molar-refractivity contribution in [1.29, 1.82) is 0 Å². The third-order valence-corrected chi connectivity index (χ3v) is 7.92. The van der Waals surface area contributed by atoms with Crippen LogP contribution in [0.15, 0.2) is 45.8 Å². The second-order valence-electron chi connectivity index (χ2n) is 10.7. The summed E-state index contributed by atoms with van der Waals surface area (Å²) in [4.78, 5) is 13.5. The number of aliphatic hydroxyl groups is 7. The second-order valence-corrected chi connectivity index (χ2v) is 10.7. The van der Waals surface area contributed by atoms with Crippen LogP contribution in [0.25, 0.3) is 22.1 Å². The van der Waals surface area contributed by atoms with E-state index in [0.717, 1.165) is 0 Å². The molecule has 2 fully saturated rings. The standard InChI is InChI=1S/C29H32O16/c1-38-27-18-14(6-15-26(27)42-10-41-15)39-8-13(19(18)31)11-2-4-12(5-3-11)43-29-25(37)23(35)21(33)17(45-29)9-40-28-24(36)22(34)20(32)16(7-30)44-28/h2-6,8,16-17,20-25,28-30,32-37H,7,9-10H2,1H3/t16-,17-,20+,21+,22+,23+,24+,25+,28-,29+/m0/s1.